The second-order valence-corrected chi connectivity index (χ2v) is 8.24. The molecule has 2 aromatic rings. The summed E-state index contributed by atoms with van der Waals surface area (Å²) in [5.41, 5.74) is 0.576. The van der Waals surface area contributed by atoms with Crippen LogP contribution in [0.2, 0.25) is 0 Å². The van der Waals surface area contributed by atoms with Crippen molar-refractivity contribution >= 4 is 23.2 Å². The summed E-state index contributed by atoms with van der Waals surface area (Å²) in [4.78, 5) is 31.5. The second-order valence-electron chi connectivity index (χ2n) is 6.96. The van der Waals surface area contributed by atoms with Crippen LogP contribution in [0.5, 0.6) is 11.5 Å². The molecule has 0 N–H and O–H groups in total. The van der Waals surface area contributed by atoms with E-state index in [1.54, 1.807) is 18.2 Å². The highest BCUT2D eigenvalue weighted by Crippen LogP contribution is 2.33. The molecule has 142 valence electrons. The molecule has 0 aliphatic carbocycles. The Kier molecular flexibility index (Phi) is 4.55. The van der Waals surface area contributed by atoms with Crippen LogP contribution in [0.15, 0.2) is 30.3 Å². The van der Waals surface area contributed by atoms with Gasteiger partial charge in [-0.3, -0.25) is 9.59 Å². The third-order valence-corrected chi connectivity index (χ3v) is 6.34. The summed E-state index contributed by atoms with van der Waals surface area (Å²) in [6, 6.07) is 8.96. The van der Waals surface area contributed by atoms with Gasteiger partial charge in [-0.1, -0.05) is 0 Å². The number of nitrogens with zero attached hydrogens (tertiary/aromatic N) is 2. The van der Waals surface area contributed by atoms with Crippen molar-refractivity contribution in [1.82, 2.24) is 9.80 Å². The lowest BCUT2D eigenvalue weighted by atomic mass is 10.0. The molecule has 2 amide bonds. The minimum atomic E-state index is -0.0818. The van der Waals surface area contributed by atoms with E-state index in [1.165, 1.54) is 11.3 Å². The Morgan fingerprint density at radius 2 is 1.63 bits per heavy atom. The topological polar surface area (TPSA) is 59.1 Å². The first-order valence-electron chi connectivity index (χ1n) is 9.03. The van der Waals surface area contributed by atoms with E-state index in [0.717, 1.165) is 9.75 Å². The number of fused-ring (bicyclic) bond motifs is 1. The van der Waals surface area contributed by atoms with Crippen molar-refractivity contribution in [2.24, 2.45) is 0 Å². The van der Waals surface area contributed by atoms with Gasteiger partial charge in [0.25, 0.3) is 11.8 Å². The van der Waals surface area contributed by atoms with Gasteiger partial charge in [0.05, 0.1) is 4.88 Å². The number of ether oxygens (including phenoxy) is 2. The van der Waals surface area contributed by atoms with Crippen molar-refractivity contribution in [2.45, 2.75) is 32.9 Å². The van der Waals surface area contributed by atoms with E-state index >= 15 is 0 Å². The van der Waals surface area contributed by atoms with Crippen LogP contribution < -0.4 is 9.47 Å². The van der Waals surface area contributed by atoms with Crippen molar-refractivity contribution in [3.8, 4) is 11.5 Å². The molecule has 0 unspecified atom stereocenters. The van der Waals surface area contributed by atoms with Crippen LogP contribution >= 0.6 is 11.3 Å². The average molecular weight is 386 g/mol. The van der Waals surface area contributed by atoms with Gasteiger partial charge in [0.1, 0.15) is 0 Å². The Morgan fingerprint density at radius 3 is 2.30 bits per heavy atom. The minimum absolute atomic E-state index is 0.0441. The summed E-state index contributed by atoms with van der Waals surface area (Å²) in [5, 5.41) is 0. The summed E-state index contributed by atoms with van der Waals surface area (Å²) < 4.78 is 10.7. The van der Waals surface area contributed by atoms with E-state index in [4.69, 9.17) is 9.47 Å². The molecular formula is C20H22N2O4S. The van der Waals surface area contributed by atoms with E-state index in [2.05, 4.69) is 0 Å². The van der Waals surface area contributed by atoms with Crippen molar-refractivity contribution in [2.75, 3.05) is 19.9 Å². The van der Waals surface area contributed by atoms with Crippen LogP contribution in [0.1, 0.15) is 38.8 Å². The zero-order valence-electron chi connectivity index (χ0n) is 15.6. The number of aryl methyl sites for hydroxylation is 1. The third-order valence-electron chi connectivity index (χ3n) is 5.36. The van der Waals surface area contributed by atoms with Gasteiger partial charge in [0, 0.05) is 35.6 Å². The molecule has 27 heavy (non-hydrogen) atoms. The van der Waals surface area contributed by atoms with E-state index in [0.29, 0.717) is 30.2 Å². The van der Waals surface area contributed by atoms with Gasteiger partial charge in [0.15, 0.2) is 11.5 Å². The molecule has 0 spiro atoms. The number of piperazine rings is 1. The summed E-state index contributed by atoms with van der Waals surface area (Å²) in [6.45, 7) is 7.21. The fourth-order valence-electron chi connectivity index (χ4n) is 3.60. The van der Waals surface area contributed by atoms with E-state index in [-0.39, 0.29) is 30.7 Å². The van der Waals surface area contributed by atoms with Crippen molar-refractivity contribution in [1.29, 1.82) is 0 Å². The predicted octanol–water partition coefficient (Wildman–Crippen LogP) is 3.16. The maximum Gasteiger partial charge on any atom is 0.264 e. The fourth-order valence-corrected chi connectivity index (χ4v) is 4.43. The minimum Gasteiger partial charge on any atom is -0.454 e. The fraction of sp³-hybridized carbons (Fsp3) is 0.400. The van der Waals surface area contributed by atoms with Crippen LogP contribution in [0.3, 0.4) is 0 Å². The number of thiophene rings is 1. The van der Waals surface area contributed by atoms with Gasteiger partial charge in [-0.25, -0.2) is 0 Å². The molecule has 3 heterocycles. The third kappa shape index (κ3) is 3.16. The molecule has 0 bridgehead atoms. The second kappa shape index (κ2) is 6.88. The van der Waals surface area contributed by atoms with Crippen molar-refractivity contribution in [3.05, 3.63) is 45.6 Å². The molecule has 0 radical (unpaired) electrons. The smallest absolute Gasteiger partial charge is 0.264 e. The highest BCUT2D eigenvalue weighted by Gasteiger charge is 2.37. The molecule has 4 rings (SSSR count). The van der Waals surface area contributed by atoms with Crippen molar-refractivity contribution < 1.29 is 19.1 Å². The van der Waals surface area contributed by atoms with Gasteiger partial charge >= 0.3 is 0 Å². The zero-order valence-corrected chi connectivity index (χ0v) is 16.4. The lowest BCUT2D eigenvalue weighted by molar-refractivity contribution is 0.0243. The molecule has 1 aromatic heterocycles. The highest BCUT2D eigenvalue weighted by molar-refractivity contribution is 7.13. The van der Waals surface area contributed by atoms with Gasteiger partial charge in [-0.2, -0.15) is 0 Å². The standard InChI is InChI=1S/C20H22N2O4S/c1-12-4-7-18(27-12)20(24)22-9-8-21(13(2)14(22)3)19(23)15-5-6-16-17(10-15)26-11-25-16/h4-7,10,13-14H,8-9,11H2,1-3H3/t13-,14+/m1/s1. The Bertz CT molecular complexity index is 894. The largest absolute Gasteiger partial charge is 0.454 e. The maximum absolute atomic E-state index is 13.0. The van der Waals surface area contributed by atoms with E-state index < -0.39 is 0 Å². The first-order chi connectivity index (χ1) is 13.0. The molecule has 2 atom stereocenters. The zero-order chi connectivity index (χ0) is 19.1. The molecular weight excluding hydrogens is 364 g/mol. The Labute approximate surface area is 162 Å². The first-order valence-corrected chi connectivity index (χ1v) is 9.85. The number of hydrogen-bond donors (Lipinski definition) is 0. The normalized spacial score (nSPS) is 21.4. The summed E-state index contributed by atoms with van der Waals surface area (Å²) >= 11 is 1.51. The molecule has 2 aliphatic heterocycles. The van der Waals surface area contributed by atoms with E-state index in [1.807, 2.05) is 42.7 Å². The van der Waals surface area contributed by atoms with Crippen molar-refractivity contribution in [3.63, 3.8) is 0 Å². The number of benzene rings is 1. The average Bonchev–Trinajstić information content (AvgIpc) is 3.31. The molecule has 1 fully saturated rings. The van der Waals surface area contributed by atoms with Gasteiger partial charge in [-0.05, 0) is 51.1 Å². The van der Waals surface area contributed by atoms with E-state index in [9.17, 15) is 9.59 Å². The van der Waals surface area contributed by atoms with Gasteiger partial charge < -0.3 is 19.3 Å². The molecule has 2 aliphatic rings. The van der Waals surface area contributed by atoms with Crippen LogP contribution in [0.4, 0.5) is 0 Å². The van der Waals surface area contributed by atoms with Crippen LogP contribution in [-0.2, 0) is 0 Å². The number of carbonyl (C=O) groups excluding carboxylic acids is 2. The Morgan fingerprint density at radius 1 is 0.963 bits per heavy atom. The summed E-state index contributed by atoms with van der Waals surface area (Å²) in [5.74, 6) is 1.26. The monoisotopic (exact) mass is 386 g/mol. The number of carbonyl (C=O) groups is 2. The molecule has 6 nitrogen and oxygen atoms in total. The number of rotatable bonds is 2. The molecule has 7 heteroatoms. The number of hydrogen-bond acceptors (Lipinski definition) is 5. The van der Waals surface area contributed by atoms with Crippen LogP contribution in [0.25, 0.3) is 0 Å². The highest BCUT2D eigenvalue weighted by atomic mass is 32.1. The summed E-state index contributed by atoms with van der Waals surface area (Å²) in [6.07, 6.45) is 0. The van der Waals surface area contributed by atoms with Crippen LogP contribution in [0, 0.1) is 6.92 Å². The van der Waals surface area contributed by atoms with Gasteiger partial charge in [-0.15, -0.1) is 11.3 Å². The molecule has 0 saturated carbocycles. The Hall–Kier alpha value is -2.54. The van der Waals surface area contributed by atoms with Crippen LogP contribution in [-0.4, -0.2) is 53.6 Å². The predicted molar refractivity (Wildman–Crippen MR) is 103 cm³/mol. The Balaban J connectivity index is 1.50. The number of amides is 2. The molecule has 1 saturated heterocycles. The maximum atomic E-state index is 13.0. The first kappa shape index (κ1) is 17.9. The quantitative estimate of drug-likeness (QED) is 0.796. The van der Waals surface area contributed by atoms with Gasteiger partial charge in [0.2, 0.25) is 6.79 Å². The summed E-state index contributed by atoms with van der Waals surface area (Å²) in [7, 11) is 0. The SMILES string of the molecule is Cc1ccc(C(=O)N2CCN(C(=O)c3ccc4c(c3)OCO4)[C@H](C)[C@@H]2C)s1. The lowest BCUT2D eigenvalue weighted by Gasteiger charge is -2.45. The lowest BCUT2D eigenvalue weighted by Crippen LogP contribution is -2.60. The molecule has 1 aromatic carbocycles.